The van der Waals surface area contributed by atoms with Crippen LogP contribution in [-0.4, -0.2) is 25.3 Å². The molecule has 0 spiro atoms. The number of alkyl halides is 3. The first-order chi connectivity index (χ1) is 13.4. The van der Waals surface area contributed by atoms with Gasteiger partial charge >= 0.3 is 6.18 Å². The summed E-state index contributed by atoms with van der Waals surface area (Å²) in [5, 5.41) is 10.2. The van der Waals surface area contributed by atoms with Crippen LogP contribution in [0.4, 0.5) is 18.9 Å². The maximum absolute atomic E-state index is 13.1. The van der Waals surface area contributed by atoms with Gasteiger partial charge in [-0.15, -0.1) is 5.10 Å². The zero-order valence-electron chi connectivity index (χ0n) is 14.1. The summed E-state index contributed by atoms with van der Waals surface area (Å²) < 4.78 is 41.8. The zero-order chi connectivity index (χ0) is 19.9. The normalized spacial score (nSPS) is 11.8. The quantitative estimate of drug-likeness (QED) is 0.586. The molecule has 2 aromatic carbocycles. The minimum Gasteiger partial charge on any atom is -0.324 e. The number of hydrogen-bond donors (Lipinski definition) is 1. The molecule has 0 fully saturated rings. The van der Waals surface area contributed by atoms with E-state index in [0.717, 1.165) is 16.7 Å². The first kappa shape index (κ1) is 17.7. The Hall–Kier alpha value is -3.69. The fourth-order valence-electron chi connectivity index (χ4n) is 3.00. The maximum atomic E-state index is 13.1. The lowest BCUT2D eigenvalue weighted by Crippen LogP contribution is -2.29. The van der Waals surface area contributed by atoms with Crippen molar-refractivity contribution in [1.82, 2.24) is 19.4 Å². The van der Waals surface area contributed by atoms with Crippen LogP contribution in [0.2, 0.25) is 0 Å². The van der Waals surface area contributed by atoms with Gasteiger partial charge in [0, 0.05) is 0 Å². The fraction of sp³-hybridized carbons (Fsp3) is 0.111. The van der Waals surface area contributed by atoms with Gasteiger partial charge < -0.3 is 5.32 Å². The molecule has 7 nitrogen and oxygen atoms in total. The second kappa shape index (κ2) is 6.48. The second-order valence-corrected chi connectivity index (χ2v) is 6.00. The van der Waals surface area contributed by atoms with Gasteiger partial charge in [0.05, 0.1) is 28.4 Å². The number of anilines is 1. The standard InChI is InChI=1S/C18H12F3N5O2/c19-18(20,21)12-6-2-3-7-13(12)23-15(27)10-25-16-9-22-24-26(16)14-8-4-1-5-11(14)17(25)28/h1-9H,10H2,(H,23,27). The molecule has 0 atom stereocenters. The molecule has 1 amide bonds. The van der Waals surface area contributed by atoms with Crippen LogP contribution < -0.4 is 10.9 Å². The largest absolute Gasteiger partial charge is 0.418 e. The van der Waals surface area contributed by atoms with Crippen molar-refractivity contribution in [2.75, 3.05) is 5.32 Å². The number of carbonyl (C=O) groups is 1. The Balaban J connectivity index is 1.73. The first-order valence-electron chi connectivity index (χ1n) is 8.14. The highest BCUT2D eigenvalue weighted by Crippen LogP contribution is 2.34. The molecule has 28 heavy (non-hydrogen) atoms. The Morgan fingerprint density at radius 2 is 1.79 bits per heavy atom. The van der Waals surface area contributed by atoms with E-state index < -0.39 is 29.8 Å². The van der Waals surface area contributed by atoms with E-state index in [2.05, 4.69) is 15.6 Å². The lowest BCUT2D eigenvalue weighted by molar-refractivity contribution is -0.137. The van der Waals surface area contributed by atoms with Crippen molar-refractivity contribution in [1.29, 1.82) is 0 Å². The lowest BCUT2D eigenvalue weighted by atomic mass is 10.1. The van der Waals surface area contributed by atoms with Gasteiger partial charge in [-0.2, -0.15) is 17.7 Å². The summed E-state index contributed by atoms with van der Waals surface area (Å²) in [4.78, 5) is 25.2. The third-order valence-electron chi connectivity index (χ3n) is 4.22. The molecule has 0 aliphatic carbocycles. The van der Waals surface area contributed by atoms with Crippen molar-refractivity contribution in [3.63, 3.8) is 0 Å². The SMILES string of the molecule is O=C(Cn1c(=O)c2ccccc2n2nncc12)Nc1ccccc1C(F)(F)F. The summed E-state index contributed by atoms with van der Waals surface area (Å²) in [5.41, 5.74) is -1.05. The van der Waals surface area contributed by atoms with Gasteiger partial charge in [-0.05, 0) is 24.3 Å². The molecule has 0 radical (unpaired) electrons. The van der Waals surface area contributed by atoms with Crippen LogP contribution in [0.15, 0.2) is 59.5 Å². The monoisotopic (exact) mass is 387 g/mol. The summed E-state index contributed by atoms with van der Waals surface area (Å²) in [6, 6.07) is 11.3. The molecule has 4 aromatic rings. The van der Waals surface area contributed by atoms with Gasteiger partial charge in [-0.3, -0.25) is 14.2 Å². The van der Waals surface area contributed by atoms with Crippen molar-refractivity contribution in [2.45, 2.75) is 12.7 Å². The van der Waals surface area contributed by atoms with Crippen LogP contribution in [-0.2, 0) is 17.5 Å². The minimum atomic E-state index is -4.62. The number of para-hydroxylation sites is 2. The summed E-state index contributed by atoms with van der Waals surface area (Å²) in [7, 11) is 0. The molecule has 0 unspecified atom stereocenters. The van der Waals surface area contributed by atoms with E-state index in [1.807, 2.05) is 0 Å². The smallest absolute Gasteiger partial charge is 0.324 e. The van der Waals surface area contributed by atoms with Crippen LogP contribution in [0.1, 0.15) is 5.56 Å². The van der Waals surface area contributed by atoms with Crippen molar-refractivity contribution in [3.05, 3.63) is 70.6 Å². The average molecular weight is 387 g/mol. The van der Waals surface area contributed by atoms with Crippen LogP contribution in [0, 0.1) is 0 Å². The van der Waals surface area contributed by atoms with E-state index in [1.54, 1.807) is 24.3 Å². The van der Waals surface area contributed by atoms with Gasteiger partial charge in [0.25, 0.3) is 5.56 Å². The van der Waals surface area contributed by atoms with Crippen molar-refractivity contribution in [2.24, 2.45) is 0 Å². The topological polar surface area (TPSA) is 81.3 Å². The van der Waals surface area contributed by atoms with E-state index >= 15 is 0 Å². The molecule has 2 aromatic heterocycles. The number of halogens is 3. The number of nitrogens with one attached hydrogen (secondary N) is 1. The first-order valence-corrected chi connectivity index (χ1v) is 8.14. The zero-order valence-corrected chi connectivity index (χ0v) is 14.1. The number of rotatable bonds is 3. The summed E-state index contributed by atoms with van der Waals surface area (Å²) in [6.07, 6.45) is -3.31. The highest BCUT2D eigenvalue weighted by Gasteiger charge is 2.33. The van der Waals surface area contributed by atoms with Crippen LogP contribution in [0.3, 0.4) is 0 Å². The Morgan fingerprint density at radius 3 is 2.57 bits per heavy atom. The van der Waals surface area contributed by atoms with E-state index in [9.17, 15) is 22.8 Å². The summed E-state index contributed by atoms with van der Waals surface area (Å²) in [6.45, 7) is -0.493. The Labute approximate surface area is 155 Å². The molecule has 4 rings (SSSR count). The molecule has 10 heteroatoms. The number of aromatic nitrogens is 4. The van der Waals surface area contributed by atoms with Crippen molar-refractivity contribution >= 4 is 28.1 Å². The van der Waals surface area contributed by atoms with Crippen LogP contribution >= 0.6 is 0 Å². The molecular formula is C18H12F3N5O2. The van der Waals surface area contributed by atoms with Crippen molar-refractivity contribution in [3.8, 4) is 0 Å². The van der Waals surface area contributed by atoms with Gasteiger partial charge in [0.15, 0.2) is 5.65 Å². The van der Waals surface area contributed by atoms with Gasteiger partial charge in [-0.1, -0.05) is 29.5 Å². The van der Waals surface area contributed by atoms with Crippen LogP contribution in [0.25, 0.3) is 16.6 Å². The number of benzene rings is 2. The number of nitrogens with zero attached hydrogens (tertiary/aromatic N) is 4. The number of carbonyl (C=O) groups excluding carboxylic acids is 1. The highest BCUT2D eigenvalue weighted by atomic mass is 19.4. The Bertz CT molecular complexity index is 1260. The maximum Gasteiger partial charge on any atom is 0.418 e. The molecule has 1 N–H and O–H groups in total. The molecule has 0 aliphatic heterocycles. The van der Waals surface area contributed by atoms with Gasteiger partial charge in [0.2, 0.25) is 5.91 Å². The van der Waals surface area contributed by atoms with E-state index in [1.165, 1.54) is 22.8 Å². The third kappa shape index (κ3) is 2.98. The van der Waals surface area contributed by atoms with E-state index in [-0.39, 0.29) is 11.3 Å². The fourth-order valence-corrected chi connectivity index (χ4v) is 3.00. The Morgan fingerprint density at radius 1 is 1.07 bits per heavy atom. The Kier molecular flexibility index (Phi) is 4.10. The molecule has 0 saturated carbocycles. The number of hydrogen-bond acceptors (Lipinski definition) is 4. The number of fused-ring (bicyclic) bond motifs is 3. The highest BCUT2D eigenvalue weighted by molar-refractivity contribution is 5.92. The van der Waals surface area contributed by atoms with Crippen LogP contribution in [0.5, 0.6) is 0 Å². The number of amides is 1. The summed E-state index contributed by atoms with van der Waals surface area (Å²) >= 11 is 0. The van der Waals surface area contributed by atoms with Crippen molar-refractivity contribution < 1.29 is 18.0 Å². The molecule has 2 heterocycles. The lowest BCUT2D eigenvalue weighted by Gasteiger charge is -2.14. The minimum absolute atomic E-state index is 0.253. The molecule has 0 aliphatic rings. The molecular weight excluding hydrogens is 375 g/mol. The third-order valence-corrected chi connectivity index (χ3v) is 4.22. The average Bonchev–Trinajstić information content (AvgIpc) is 3.14. The predicted molar refractivity (Wildman–Crippen MR) is 94.8 cm³/mol. The van der Waals surface area contributed by atoms with Gasteiger partial charge in [-0.25, -0.2) is 0 Å². The molecule has 0 saturated heterocycles. The molecule has 0 bridgehead atoms. The molecule has 142 valence electrons. The van der Waals surface area contributed by atoms with E-state index in [0.29, 0.717) is 10.9 Å². The summed E-state index contributed by atoms with van der Waals surface area (Å²) in [5.74, 6) is -0.780. The van der Waals surface area contributed by atoms with Gasteiger partial charge in [0.1, 0.15) is 6.54 Å². The second-order valence-electron chi connectivity index (χ2n) is 6.00. The predicted octanol–water partition coefficient (Wildman–Crippen LogP) is 2.70. The van der Waals surface area contributed by atoms with E-state index in [4.69, 9.17) is 0 Å².